The molecule has 0 spiro atoms. The Morgan fingerprint density at radius 1 is 1.13 bits per heavy atom. The zero-order valence-electron chi connectivity index (χ0n) is 11.0. The zero-order chi connectivity index (χ0) is 11.9. The molecule has 0 bridgehead atoms. The van der Waals surface area contributed by atoms with E-state index >= 15 is 0 Å². The molecule has 1 rings (SSSR count). The van der Waals surface area contributed by atoms with E-state index in [0.29, 0.717) is 5.92 Å². The van der Waals surface area contributed by atoms with E-state index in [1.54, 1.807) is 0 Å². The van der Waals surface area contributed by atoms with Gasteiger partial charge >= 0.3 is 0 Å². The minimum atomic E-state index is -0.00155. The Labute approximate surface area is 94.0 Å². The molecule has 0 aromatic heterocycles. The first kappa shape index (κ1) is 12.5. The Kier molecular flexibility index (Phi) is 3.18. The van der Waals surface area contributed by atoms with Gasteiger partial charge in [-0.25, -0.2) is 0 Å². The Morgan fingerprint density at radius 2 is 1.53 bits per heavy atom. The zero-order valence-corrected chi connectivity index (χ0v) is 11.0. The summed E-state index contributed by atoms with van der Waals surface area (Å²) in [6.45, 7) is 13.3. The highest BCUT2D eigenvalue weighted by Crippen LogP contribution is 2.42. The summed E-state index contributed by atoms with van der Waals surface area (Å²) in [6.07, 6.45) is 3.26. The molecule has 0 saturated carbocycles. The molecule has 0 atom stereocenters. The second-order valence-corrected chi connectivity index (χ2v) is 6.51. The summed E-state index contributed by atoms with van der Waals surface area (Å²) in [5, 5.41) is 0. The lowest BCUT2D eigenvalue weighted by molar-refractivity contribution is -0.138. The maximum Gasteiger partial charge on any atom is 0.210 e. The molecule has 1 aliphatic rings. The van der Waals surface area contributed by atoms with E-state index in [4.69, 9.17) is 0 Å². The monoisotopic (exact) mass is 211 g/mol. The van der Waals surface area contributed by atoms with E-state index in [9.17, 15) is 4.79 Å². The van der Waals surface area contributed by atoms with Gasteiger partial charge in [-0.15, -0.1) is 0 Å². The van der Waals surface area contributed by atoms with Gasteiger partial charge in [0.2, 0.25) is 6.41 Å². The van der Waals surface area contributed by atoms with Crippen LogP contribution in [0.2, 0.25) is 0 Å². The van der Waals surface area contributed by atoms with Gasteiger partial charge in [0.05, 0.1) is 0 Å². The fraction of sp³-hybridized carbons (Fsp3) is 0.923. The van der Waals surface area contributed by atoms with E-state index in [2.05, 4.69) is 41.5 Å². The van der Waals surface area contributed by atoms with Crippen LogP contribution in [-0.2, 0) is 4.79 Å². The van der Waals surface area contributed by atoms with Crippen LogP contribution < -0.4 is 0 Å². The van der Waals surface area contributed by atoms with Crippen LogP contribution in [0.1, 0.15) is 54.4 Å². The molecule has 1 aliphatic heterocycles. The van der Waals surface area contributed by atoms with Crippen LogP contribution in [0, 0.1) is 11.8 Å². The summed E-state index contributed by atoms with van der Waals surface area (Å²) in [5.74, 6) is 1.43. The molecule has 1 heterocycles. The second kappa shape index (κ2) is 3.80. The minimum Gasteiger partial charge on any atom is -0.335 e. The van der Waals surface area contributed by atoms with Crippen molar-refractivity contribution < 1.29 is 4.79 Å². The van der Waals surface area contributed by atoms with Gasteiger partial charge in [-0.05, 0) is 52.4 Å². The number of amides is 1. The normalized spacial score (nSPS) is 25.7. The Balaban J connectivity index is 2.95. The maximum atomic E-state index is 11.2. The van der Waals surface area contributed by atoms with Gasteiger partial charge in [0, 0.05) is 11.1 Å². The van der Waals surface area contributed by atoms with Crippen molar-refractivity contribution in [1.29, 1.82) is 0 Å². The van der Waals surface area contributed by atoms with Gasteiger partial charge in [-0.1, -0.05) is 13.8 Å². The fourth-order valence-electron chi connectivity index (χ4n) is 3.13. The first-order chi connectivity index (χ1) is 6.70. The smallest absolute Gasteiger partial charge is 0.210 e. The molecule has 1 amide bonds. The second-order valence-electron chi connectivity index (χ2n) is 6.51. The summed E-state index contributed by atoms with van der Waals surface area (Å²) in [5.41, 5.74) is -0.00310. The van der Waals surface area contributed by atoms with Crippen LogP contribution in [0.4, 0.5) is 0 Å². The topological polar surface area (TPSA) is 20.3 Å². The highest BCUT2D eigenvalue weighted by Gasteiger charge is 2.44. The third-order valence-corrected chi connectivity index (χ3v) is 3.88. The van der Waals surface area contributed by atoms with Gasteiger partial charge < -0.3 is 4.90 Å². The van der Waals surface area contributed by atoms with Crippen molar-refractivity contribution in [3.8, 4) is 0 Å². The summed E-state index contributed by atoms with van der Waals surface area (Å²) >= 11 is 0. The highest BCUT2D eigenvalue weighted by atomic mass is 16.1. The summed E-state index contributed by atoms with van der Waals surface area (Å²) in [7, 11) is 0. The minimum absolute atomic E-state index is 0.00155. The molecule has 2 heteroatoms. The molecule has 2 nitrogen and oxygen atoms in total. The Morgan fingerprint density at radius 3 is 1.80 bits per heavy atom. The lowest BCUT2D eigenvalue weighted by atomic mass is 9.70. The van der Waals surface area contributed by atoms with E-state index in [1.165, 1.54) is 0 Å². The molecule has 88 valence electrons. The molecule has 1 saturated heterocycles. The first-order valence-corrected chi connectivity index (χ1v) is 5.95. The fourth-order valence-corrected chi connectivity index (χ4v) is 3.13. The number of likely N-dealkylation sites (tertiary alicyclic amines) is 1. The van der Waals surface area contributed by atoms with Crippen molar-refractivity contribution in [3.05, 3.63) is 0 Å². The SMILES string of the molecule is CC(C)C1CC(C)(C)N(C=O)C(C)(C)C1. The lowest BCUT2D eigenvalue weighted by Crippen LogP contribution is -2.60. The van der Waals surface area contributed by atoms with Crippen molar-refractivity contribution in [2.45, 2.75) is 65.5 Å². The van der Waals surface area contributed by atoms with E-state index < -0.39 is 0 Å². The average Bonchev–Trinajstić information content (AvgIpc) is 1.99. The lowest BCUT2D eigenvalue weighted by Gasteiger charge is -2.54. The number of piperidine rings is 1. The van der Waals surface area contributed by atoms with Crippen LogP contribution in [0.25, 0.3) is 0 Å². The molecule has 0 aliphatic carbocycles. The third-order valence-electron chi connectivity index (χ3n) is 3.88. The predicted octanol–water partition coefficient (Wildman–Crippen LogP) is 3.07. The molecule has 0 aromatic carbocycles. The number of carbonyl (C=O) groups excluding carboxylic acids is 1. The Hall–Kier alpha value is -0.530. The van der Waals surface area contributed by atoms with Gasteiger partial charge in [-0.2, -0.15) is 0 Å². The number of hydrogen-bond donors (Lipinski definition) is 0. The number of hydrogen-bond acceptors (Lipinski definition) is 1. The number of nitrogens with zero attached hydrogens (tertiary/aromatic N) is 1. The maximum absolute atomic E-state index is 11.2. The number of carbonyl (C=O) groups is 1. The van der Waals surface area contributed by atoms with E-state index in [1.807, 2.05) is 4.90 Å². The van der Waals surface area contributed by atoms with Gasteiger partial charge in [0.1, 0.15) is 0 Å². The predicted molar refractivity (Wildman–Crippen MR) is 63.6 cm³/mol. The molecule has 1 fully saturated rings. The van der Waals surface area contributed by atoms with Crippen LogP contribution in [-0.4, -0.2) is 22.4 Å². The van der Waals surface area contributed by atoms with Gasteiger partial charge in [0.15, 0.2) is 0 Å². The average molecular weight is 211 g/mol. The standard InChI is InChI=1S/C13H25NO/c1-10(2)11-7-12(3,4)14(9-15)13(5,6)8-11/h9-11H,7-8H2,1-6H3. The van der Waals surface area contributed by atoms with Crippen molar-refractivity contribution in [1.82, 2.24) is 4.90 Å². The van der Waals surface area contributed by atoms with Gasteiger partial charge in [-0.3, -0.25) is 4.79 Å². The van der Waals surface area contributed by atoms with Crippen LogP contribution in [0.5, 0.6) is 0 Å². The molecule has 0 N–H and O–H groups in total. The van der Waals surface area contributed by atoms with Crippen molar-refractivity contribution in [2.24, 2.45) is 11.8 Å². The molecule has 0 aromatic rings. The highest BCUT2D eigenvalue weighted by molar-refractivity contribution is 5.51. The molecular formula is C13H25NO. The number of rotatable bonds is 2. The molecular weight excluding hydrogens is 186 g/mol. The molecule has 0 radical (unpaired) electrons. The van der Waals surface area contributed by atoms with E-state index in [-0.39, 0.29) is 11.1 Å². The van der Waals surface area contributed by atoms with Crippen molar-refractivity contribution >= 4 is 6.41 Å². The summed E-state index contributed by atoms with van der Waals surface area (Å²) in [6, 6.07) is 0. The van der Waals surface area contributed by atoms with Crippen LogP contribution in [0.3, 0.4) is 0 Å². The third kappa shape index (κ3) is 2.35. The quantitative estimate of drug-likeness (QED) is 0.643. The van der Waals surface area contributed by atoms with Crippen LogP contribution >= 0.6 is 0 Å². The molecule has 0 unspecified atom stereocenters. The van der Waals surface area contributed by atoms with Gasteiger partial charge in [0.25, 0.3) is 0 Å². The first-order valence-electron chi connectivity index (χ1n) is 5.95. The van der Waals surface area contributed by atoms with Crippen molar-refractivity contribution in [3.63, 3.8) is 0 Å². The summed E-state index contributed by atoms with van der Waals surface area (Å²) < 4.78 is 0. The van der Waals surface area contributed by atoms with E-state index in [0.717, 1.165) is 25.2 Å². The van der Waals surface area contributed by atoms with Crippen LogP contribution in [0.15, 0.2) is 0 Å². The Bertz CT molecular complexity index is 225. The largest absolute Gasteiger partial charge is 0.335 e. The molecule has 15 heavy (non-hydrogen) atoms. The summed E-state index contributed by atoms with van der Waals surface area (Å²) in [4.78, 5) is 13.2. The van der Waals surface area contributed by atoms with Crippen molar-refractivity contribution in [2.75, 3.05) is 0 Å².